The fourth-order valence-corrected chi connectivity index (χ4v) is 3.61. The van der Waals surface area contributed by atoms with Gasteiger partial charge in [0.25, 0.3) is 0 Å². The first-order valence-electron chi connectivity index (χ1n) is 6.46. The van der Waals surface area contributed by atoms with E-state index in [9.17, 15) is 0 Å². The summed E-state index contributed by atoms with van der Waals surface area (Å²) in [5, 5.41) is 0.838. The van der Waals surface area contributed by atoms with E-state index in [1.54, 1.807) is 0 Å². The highest BCUT2D eigenvalue weighted by atomic mass is 79.9. The minimum absolute atomic E-state index is 0.484. The summed E-state index contributed by atoms with van der Waals surface area (Å²) in [6, 6.07) is 10.0. The van der Waals surface area contributed by atoms with Crippen molar-refractivity contribution in [2.24, 2.45) is 0 Å². The monoisotopic (exact) mass is 405 g/mol. The minimum atomic E-state index is 0.484. The molecule has 0 aliphatic heterocycles. The van der Waals surface area contributed by atoms with Gasteiger partial charge in [-0.05, 0) is 53.0 Å². The predicted octanol–water partition coefficient (Wildman–Crippen LogP) is 5.02. The normalized spacial score (nSPS) is 11.0. The molecule has 0 spiro atoms. The maximum Gasteiger partial charge on any atom is 0.162 e. The number of rotatable bonds is 1. The first kappa shape index (κ1) is 14.5. The zero-order chi connectivity index (χ0) is 15.1. The summed E-state index contributed by atoms with van der Waals surface area (Å²) in [7, 11) is 0. The maximum atomic E-state index is 6.13. The number of aromatic nitrogens is 2. The molecule has 2 aromatic carbocycles. The summed E-state index contributed by atoms with van der Waals surface area (Å²) in [5.41, 5.74) is 10.3. The molecule has 0 aliphatic rings. The molecular formula is C16H13Br2N3. The molecule has 0 atom stereocenters. The number of nitrogens with two attached hydrogens (primary N) is 1. The van der Waals surface area contributed by atoms with Crippen LogP contribution in [0.1, 0.15) is 11.1 Å². The van der Waals surface area contributed by atoms with Crippen LogP contribution in [0.15, 0.2) is 39.3 Å². The van der Waals surface area contributed by atoms with Crippen molar-refractivity contribution in [3.05, 3.63) is 50.4 Å². The Kier molecular flexibility index (Phi) is 3.71. The molecule has 3 rings (SSSR count). The van der Waals surface area contributed by atoms with Crippen LogP contribution in [-0.2, 0) is 0 Å². The van der Waals surface area contributed by atoms with E-state index in [1.807, 2.05) is 24.3 Å². The SMILES string of the molecule is Cc1cccc(-c2nc(N)c3cc(Br)cc(Br)c3n2)c1C. The largest absolute Gasteiger partial charge is 0.383 e. The van der Waals surface area contributed by atoms with Crippen molar-refractivity contribution >= 4 is 48.6 Å². The number of anilines is 1. The van der Waals surface area contributed by atoms with Crippen LogP contribution in [0.25, 0.3) is 22.3 Å². The van der Waals surface area contributed by atoms with Crippen LogP contribution in [0.2, 0.25) is 0 Å². The molecule has 0 amide bonds. The van der Waals surface area contributed by atoms with Crippen molar-refractivity contribution in [1.29, 1.82) is 0 Å². The number of halogens is 2. The molecule has 0 aliphatic carbocycles. The van der Waals surface area contributed by atoms with Crippen molar-refractivity contribution in [3.8, 4) is 11.4 Å². The lowest BCUT2D eigenvalue weighted by atomic mass is 10.0. The zero-order valence-electron chi connectivity index (χ0n) is 11.6. The van der Waals surface area contributed by atoms with Crippen molar-refractivity contribution in [2.45, 2.75) is 13.8 Å². The topological polar surface area (TPSA) is 51.8 Å². The Morgan fingerprint density at radius 2 is 1.81 bits per heavy atom. The number of nitrogens with zero attached hydrogens (tertiary/aromatic N) is 2. The van der Waals surface area contributed by atoms with Crippen molar-refractivity contribution in [1.82, 2.24) is 9.97 Å². The molecule has 1 aromatic heterocycles. The van der Waals surface area contributed by atoms with E-state index in [2.05, 4.69) is 56.8 Å². The number of nitrogen functional groups attached to an aromatic ring is 1. The molecule has 3 aromatic rings. The fourth-order valence-electron chi connectivity index (χ4n) is 2.29. The van der Waals surface area contributed by atoms with E-state index >= 15 is 0 Å². The number of fused-ring (bicyclic) bond motifs is 1. The van der Waals surface area contributed by atoms with Gasteiger partial charge < -0.3 is 5.73 Å². The Morgan fingerprint density at radius 3 is 2.57 bits per heavy atom. The van der Waals surface area contributed by atoms with Crippen molar-refractivity contribution in [3.63, 3.8) is 0 Å². The lowest BCUT2D eigenvalue weighted by Gasteiger charge is -2.10. The molecule has 1 heterocycles. The highest BCUT2D eigenvalue weighted by Gasteiger charge is 2.12. The van der Waals surface area contributed by atoms with Gasteiger partial charge in [-0.3, -0.25) is 0 Å². The number of hydrogen-bond acceptors (Lipinski definition) is 3. The second-order valence-corrected chi connectivity index (χ2v) is 6.73. The summed E-state index contributed by atoms with van der Waals surface area (Å²) < 4.78 is 1.84. The van der Waals surface area contributed by atoms with Gasteiger partial charge in [-0.1, -0.05) is 34.1 Å². The van der Waals surface area contributed by atoms with Crippen LogP contribution in [0.3, 0.4) is 0 Å². The van der Waals surface area contributed by atoms with Crippen LogP contribution >= 0.6 is 31.9 Å². The summed E-state index contributed by atoms with van der Waals surface area (Å²) in [6.45, 7) is 4.15. The van der Waals surface area contributed by atoms with E-state index in [0.29, 0.717) is 11.6 Å². The van der Waals surface area contributed by atoms with Crippen LogP contribution in [-0.4, -0.2) is 9.97 Å². The van der Waals surface area contributed by atoms with E-state index in [0.717, 1.165) is 25.4 Å². The van der Waals surface area contributed by atoms with Crippen molar-refractivity contribution in [2.75, 3.05) is 5.73 Å². The number of hydrogen-bond donors (Lipinski definition) is 1. The Balaban J connectivity index is 2.33. The third kappa shape index (κ3) is 2.56. The van der Waals surface area contributed by atoms with Gasteiger partial charge in [0.2, 0.25) is 0 Å². The van der Waals surface area contributed by atoms with Crippen LogP contribution in [0.5, 0.6) is 0 Å². The van der Waals surface area contributed by atoms with Gasteiger partial charge in [-0.15, -0.1) is 0 Å². The van der Waals surface area contributed by atoms with Gasteiger partial charge in [-0.25, -0.2) is 9.97 Å². The van der Waals surface area contributed by atoms with Gasteiger partial charge in [0.05, 0.1) is 5.52 Å². The van der Waals surface area contributed by atoms with Crippen molar-refractivity contribution < 1.29 is 0 Å². The third-order valence-corrected chi connectivity index (χ3v) is 4.66. The Labute approximate surface area is 139 Å². The zero-order valence-corrected chi connectivity index (χ0v) is 14.8. The summed E-state index contributed by atoms with van der Waals surface area (Å²) in [5.74, 6) is 1.14. The molecule has 106 valence electrons. The highest BCUT2D eigenvalue weighted by molar-refractivity contribution is 9.11. The van der Waals surface area contributed by atoms with Gasteiger partial charge >= 0.3 is 0 Å². The average molecular weight is 407 g/mol. The quantitative estimate of drug-likeness (QED) is 0.617. The smallest absolute Gasteiger partial charge is 0.162 e. The second-order valence-electron chi connectivity index (χ2n) is 4.96. The van der Waals surface area contributed by atoms with Gasteiger partial charge in [0.15, 0.2) is 5.82 Å². The fraction of sp³-hybridized carbons (Fsp3) is 0.125. The van der Waals surface area contributed by atoms with E-state index in [1.165, 1.54) is 11.1 Å². The molecule has 0 unspecified atom stereocenters. The molecule has 3 nitrogen and oxygen atoms in total. The van der Waals surface area contributed by atoms with Crippen LogP contribution in [0, 0.1) is 13.8 Å². The van der Waals surface area contributed by atoms with E-state index in [-0.39, 0.29) is 0 Å². The molecule has 0 bridgehead atoms. The van der Waals surface area contributed by atoms with Gasteiger partial charge in [0.1, 0.15) is 5.82 Å². The Hall–Kier alpha value is -1.46. The highest BCUT2D eigenvalue weighted by Crippen LogP contribution is 2.32. The third-order valence-electron chi connectivity index (χ3n) is 3.59. The number of benzene rings is 2. The summed E-state index contributed by atoms with van der Waals surface area (Å²) in [6.07, 6.45) is 0. The molecule has 0 saturated heterocycles. The van der Waals surface area contributed by atoms with Crippen LogP contribution in [0.4, 0.5) is 5.82 Å². The second kappa shape index (κ2) is 5.39. The Morgan fingerprint density at radius 1 is 1.05 bits per heavy atom. The first-order chi connectivity index (χ1) is 9.97. The molecular weight excluding hydrogens is 394 g/mol. The summed E-state index contributed by atoms with van der Waals surface area (Å²) >= 11 is 7.01. The molecule has 2 N–H and O–H groups in total. The molecule has 0 saturated carbocycles. The Bertz CT molecular complexity index is 860. The first-order valence-corrected chi connectivity index (χ1v) is 8.05. The predicted molar refractivity (Wildman–Crippen MR) is 94.3 cm³/mol. The maximum absolute atomic E-state index is 6.13. The van der Waals surface area contributed by atoms with Gasteiger partial charge in [-0.2, -0.15) is 0 Å². The van der Waals surface area contributed by atoms with Crippen LogP contribution < -0.4 is 5.73 Å². The molecule has 0 fully saturated rings. The standard InChI is InChI=1S/C16H13Br2N3/c1-8-4-3-5-11(9(8)2)16-20-14-12(15(19)21-16)6-10(17)7-13(14)18/h3-7H,1-2H3,(H2,19,20,21). The summed E-state index contributed by atoms with van der Waals surface area (Å²) in [4.78, 5) is 9.17. The number of aryl methyl sites for hydroxylation is 1. The van der Waals surface area contributed by atoms with E-state index in [4.69, 9.17) is 10.7 Å². The lowest BCUT2D eigenvalue weighted by molar-refractivity contribution is 1.21. The molecule has 21 heavy (non-hydrogen) atoms. The molecule has 0 radical (unpaired) electrons. The van der Waals surface area contributed by atoms with Gasteiger partial charge in [0, 0.05) is 19.9 Å². The molecule has 5 heteroatoms. The lowest BCUT2D eigenvalue weighted by Crippen LogP contribution is -2.00. The minimum Gasteiger partial charge on any atom is -0.383 e. The average Bonchev–Trinajstić information content (AvgIpc) is 2.43. The van der Waals surface area contributed by atoms with E-state index < -0.39 is 0 Å².